The first-order valence-electron chi connectivity index (χ1n) is 3.77. The van der Waals surface area contributed by atoms with Crippen LogP contribution in [-0.4, -0.2) is 37.6 Å². The summed E-state index contributed by atoms with van der Waals surface area (Å²) >= 11 is 0. The van der Waals surface area contributed by atoms with Gasteiger partial charge in [0, 0.05) is 19.5 Å². The van der Waals surface area contributed by atoms with Crippen LogP contribution < -0.4 is 5.32 Å². The van der Waals surface area contributed by atoms with Gasteiger partial charge >= 0.3 is 0 Å². The molecule has 0 aliphatic carbocycles. The van der Waals surface area contributed by atoms with Gasteiger partial charge < -0.3 is 5.32 Å². The van der Waals surface area contributed by atoms with Crippen molar-refractivity contribution in [2.75, 3.05) is 18.8 Å². The molecule has 0 aromatic rings. The van der Waals surface area contributed by atoms with Gasteiger partial charge in [0.05, 0.1) is 5.75 Å². The van der Waals surface area contributed by atoms with Crippen molar-refractivity contribution in [3.05, 3.63) is 12.7 Å². The summed E-state index contributed by atoms with van der Waals surface area (Å²) in [6, 6.07) is 0. The van der Waals surface area contributed by atoms with E-state index in [4.69, 9.17) is 4.55 Å². The van der Waals surface area contributed by atoms with Crippen LogP contribution in [0.4, 0.5) is 0 Å². The minimum absolute atomic E-state index is 0.0978. The SMILES string of the molecule is C=CC(=O)CCNCCS(=O)(=O)O. The Kier molecular flexibility index (Phi) is 5.52. The first-order valence-corrected chi connectivity index (χ1v) is 5.38. The third kappa shape index (κ3) is 9.19. The van der Waals surface area contributed by atoms with E-state index in [0.717, 1.165) is 0 Å². The van der Waals surface area contributed by atoms with E-state index in [2.05, 4.69) is 11.9 Å². The number of allylic oxidation sites excluding steroid dienone is 1. The molecular formula is C7H13NO4S. The van der Waals surface area contributed by atoms with E-state index in [0.29, 0.717) is 6.54 Å². The molecule has 6 heteroatoms. The fourth-order valence-corrected chi connectivity index (χ4v) is 1.04. The lowest BCUT2D eigenvalue weighted by Gasteiger charge is -2.00. The number of ketones is 1. The van der Waals surface area contributed by atoms with E-state index in [1.54, 1.807) is 0 Å². The van der Waals surface area contributed by atoms with E-state index in [9.17, 15) is 13.2 Å². The zero-order valence-electron chi connectivity index (χ0n) is 7.19. The molecule has 0 bridgehead atoms. The van der Waals surface area contributed by atoms with Crippen LogP contribution >= 0.6 is 0 Å². The van der Waals surface area contributed by atoms with Gasteiger partial charge in [-0.05, 0) is 6.08 Å². The zero-order valence-corrected chi connectivity index (χ0v) is 8.01. The van der Waals surface area contributed by atoms with Gasteiger partial charge in [0.2, 0.25) is 0 Å². The van der Waals surface area contributed by atoms with Crippen LogP contribution in [0.3, 0.4) is 0 Å². The first kappa shape index (κ1) is 12.3. The van der Waals surface area contributed by atoms with Crippen molar-refractivity contribution in [1.29, 1.82) is 0 Å². The molecule has 0 aliphatic rings. The number of carbonyl (C=O) groups is 1. The van der Waals surface area contributed by atoms with Crippen molar-refractivity contribution < 1.29 is 17.8 Å². The summed E-state index contributed by atoms with van der Waals surface area (Å²) in [6.07, 6.45) is 1.50. The second-order valence-electron chi connectivity index (χ2n) is 2.46. The van der Waals surface area contributed by atoms with E-state index in [-0.39, 0.29) is 24.5 Å². The Morgan fingerprint density at radius 1 is 1.46 bits per heavy atom. The summed E-state index contributed by atoms with van der Waals surface area (Å²) in [5.41, 5.74) is 0. The Labute approximate surface area is 77.6 Å². The number of rotatable bonds is 7. The van der Waals surface area contributed by atoms with E-state index < -0.39 is 10.1 Å². The highest BCUT2D eigenvalue weighted by Gasteiger charge is 2.02. The fraction of sp³-hybridized carbons (Fsp3) is 0.571. The highest BCUT2D eigenvalue weighted by Crippen LogP contribution is 1.82. The summed E-state index contributed by atoms with van der Waals surface area (Å²) in [5, 5.41) is 2.70. The Hall–Kier alpha value is -0.720. The lowest BCUT2D eigenvalue weighted by Crippen LogP contribution is -2.24. The predicted molar refractivity (Wildman–Crippen MR) is 49.1 cm³/mol. The van der Waals surface area contributed by atoms with Gasteiger partial charge in [-0.15, -0.1) is 0 Å². The molecule has 0 aromatic heterocycles. The van der Waals surface area contributed by atoms with Gasteiger partial charge in [0.15, 0.2) is 5.78 Å². The minimum Gasteiger partial charge on any atom is -0.315 e. The van der Waals surface area contributed by atoms with Crippen LogP contribution in [0.2, 0.25) is 0 Å². The molecule has 0 spiro atoms. The molecular weight excluding hydrogens is 194 g/mol. The van der Waals surface area contributed by atoms with Crippen molar-refractivity contribution >= 4 is 15.9 Å². The van der Waals surface area contributed by atoms with Crippen molar-refractivity contribution in [2.45, 2.75) is 6.42 Å². The molecule has 0 fully saturated rings. The Balaban J connectivity index is 3.38. The van der Waals surface area contributed by atoms with Gasteiger partial charge in [-0.3, -0.25) is 9.35 Å². The van der Waals surface area contributed by atoms with E-state index in [1.807, 2.05) is 0 Å². The van der Waals surface area contributed by atoms with Gasteiger partial charge in [0.1, 0.15) is 0 Å². The largest absolute Gasteiger partial charge is 0.315 e. The van der Waals surface area contributed by atoms with Crippen LogP contribution in [-0.2, 0) is 14.9 Å². The highest BCUT2D eigenvalue weighted by molar-refractivity contribution is 7.85. The standard InChI is InChI=1S/C7H13NO4S/c1-2-7(9)3-4-8-5-6-13(10,11)12/h2,8H,1,3-6H2,(H,10,11,12). The Morgan fingerprint density at radius 2 is 2.08 bits per heavy atom. The monoisotopic (exact) mass is 207 g/mol. The molecule has 0 heterocycles. The van der Waals surface area contributed by atoms with E-state index in [1.165, 1.54) is 6.08 Å². The van der Waals surface area contributed by atoms with Crippen molar-refractivity contribution in [3.8, 4) is 0 Å². The van der Waals surface area contributed by atoms with Crippen molar-refractivity contribution in [1.82, 2.24) is 5.32 Å². The highest BCUT2D eigenvalue weighted by atomic mass is 32.2. The predicted octanol–water partition coefficient (Wildman–Crippen LogP) is -0.391. The molecule has 0 rings (SSSR count). The Morgan fingerprint density at radius 3 is 2.54 bits per heavy atom. The summed E-state index contributed by atoms with van der Waals surface area (Å²) in [7, 11) is -3.90. The average Bonchev–Trinajstić information content (AvgIpc) is 2.01. The van der Waals surface area contributed by atoms with Crippen LogP contribution in [0.5, 0.6) is 0 Å². The van der Waals surface area contributed by atoms with Gasteiger partial charge in [-0.1, -0.05) is 6.58 Å². The number of hydrogen-bond donors (Lipinski definition) is 2. The van der Waals surface area contributed by atoms with E-state index >= 15 is 0 Å². The fourth-order valence-electron chi connectivity index (χ4n) is 0.640. The topological polar surface area (TPSA) is 83.5 Å². The van der Waals surface area contributed by atoms with Crippen LogP contribution in [0, 0.1) is 0 Å². The second kappa shape index (κ2) is 5.85. The van der Waals surface area contributed by atoms with Crippen LogP contribution in [0.1, 0.15) is 6.42 Å². The third-order valence-corrected chi connectivity index (χ3v) is 2.03. The normalized spacial score (nSPS) is 11.2. The molecule has 0 saturated heterocycles. The van der Waals surface area contributed by atoms with Crippen molar-refractivity contribution in [3.63, 3.8) is 0 Å². The summed E-state index contributed by atoms with van der Waals surface area (Å²) < 4.78 is 28.8. The number of hydrogen-bond acceptors (Lipinski definition) is 4. The lowest BCUT2D eigenvalue weighted by atomic mass is 10.3. The third-order valence-electron chi connectivity index (χ3n) is 1.31. The maximum absolute atomic E-state index is 10.6. The quantitative estimate of drug-likeness (QED) is 0.337. The molecule has 0 aliphatic heterocycles. The summed E-state index contributed by atoms with van der Waals surface area (Å²) in [6.45, 7) is 3.82. The molecule has 76 valence electrons. The average molecular weight is 207 g/mol. The van der Waals surface area contributed by atoms with Gasteiger partial charge in [-0.2, -0.15) is 8.42 Å². The molecule has 0 atom stereocenters. The van der Waals surface area contributed by atoms with Gasteiger partial charge in [0.25, 0.3) is 10.1 Å². The number of nitrogens with one attached hydrogen (secondary N) is 1. The lowest BCUT2D eigenvalue weighted by molar-refractivity contribution is -0.114. The van der Waals surface area contributed by atoms with Crippen LogP contribution in [0.25, 0.3) is 0 Å². The minimum atomic E-state index is -3.90. The molecule has 5 nitrogen and oxygen atoms in total. The second-order valence-corrected chi connectivity index (χ2v) is 4.03. The first-order chi connectivity index (χ1) is 5.95. The molecule has 0 amide bonds. The molecule has 0 unspecified atom stereocenters. The van der Waals surface area contributed by atoms with Gasteiger partial charge in [-0.25, -0.2) is 0 Å². The maximum atomic E-state index is 10.6. The van der Waals surface area contributed by atoms with Crippen molar-refractivity contribution in [2.24, 2.45) is 0 Å². The summed E-state index contributed by atoms with van der Waals surface area (Å²) in [5.74, 6) is -0.436. The zero-order chi connectivity index (χ0) is 10.3. The molecule has 13 heavy (non-hydrogen) atoms. The van der Waals surface area contributed by atoms with Crippen LogP contribution in [0.15, 0.2) is 12.7 Å². The number of carbonyl (C=O) groups excluding carboxylic acids is 1. The molecule has 0 radical (unpaired) electrons. The smallest absolute Gasteiger partial charge is 0.266 e. The molecule has 0 saturated carbocycles. The summed E-state index contributed by atoms with van der Waals surface area (Å²) in [4.78, 5) is 10.6. The maximum Gasteiger partial charge on any atom is 0.266 e. The molecule has 0 aromatic carbocycles. The Bertz CT molecular complexity index is 270. The molecule has 2 N–H and O–H groups in total.